The number of hydrogen-bond donors (Lipinski definition) is 1. The summed E-state index contributed by atoms with van der Waals surface area (Å²) >= 11 is 1.18. The van der Waals surface area contributed by atoms with Crippen molar-refractivity contribution < 1.29 is 14.3 Å². The number of halogens is 1. The molecule has 7 heteroatoms. The van der Waals surface area contributed by atoms with Crippen LogP contribution in [-0.2, 0) is 9.53 Å². The Morgan fingerprint density at radius 3 is 2.45 bits per heavy atom. The molecule has 0 aliphatic carbocycles. The van der Waals surface area contributed by atoms with E-state index < -0.39 is 0 Å². The number of rotatable bonds is 5. The lowest BCUT2D eigenvalue weighted by atomic mass is 10.2. The van der Waals surface area contributed by atoms with Crippen LogP contribution in [0, 0.1) is 5.92 Å². The first kappa shape index (κ1) is 18.8. The molecule has 0 aromatic heterocycles. The first-order valence-electron chi connectivity index (χ1n) is 5.80. The smallest absolute Gasteiger partial charge is 0.309 e. The van der Waals surface area contributed by atoms with E-state index in [4.69, 9.17) is 15.2 Å². The maximum absolute atomic E-state index is 11.2. The zero-order valence-electron chi connectivity index (χ0n) is 11.7. The summed E-state index contributed by atoms with van der Waals surface area (Å²) in [7, 11) is 1.60. The molecule has 0 fully saturated rings. The van der Waals surface area contributed by atoms with Gasteiger partial charge < -0.3 is 15.2 Å². The van der Waals surface area contributed by atoms with E-state index in [-0.39, 0.29) is 34.8 Å². The molecule has 0 amide bonds. The van der Waals surface area contributed by atoms with Crippen molar-refractivity contribution in [2.24, 2.45) is 16.6 Å². The van der Waals surface area contributed by atoms with Gasteiger partial charge in [-0.15, -0.1) is 17.0 Å². The van der Waals surface area contributed by atoms with Gasteiger partial charge in [-0.05, 0) is 36.0 Å². The second-order valence-corrected chi connectivity index (χ2v) is 4.97. The Morgan fingerprint density at radius 2 is 1.95 bits per heavy atom. The predicted molar refractivity (Wildman–Crippen MR) is 88.0 cm³/mol. The lowest BCUT2D eigenvalue weighted by Crippen LogP contribution is -2.14. The van der Waals surface area contributed by atoms with Crippen molar-refractivity contribution in [1.82, 2.24) is 0 Å². The molecule has 0 radical (unpaired) electrons. The average Bonchev–Trinajstić information content (AvgIpc) is 2.39. The van der Waals surface area contributed by atoms with Crippen LogP contribution in [0.5, 0.6) is 5.75 Å². The summed E-state index contributed by atoms with van der Waals surface area (Å²) in [6, 6.07) is 7.20. The highest BCUT2D eigenvalue weighted by molar-refractivity contribution is 8.93. The SMILES string of the molecule is Br.COc1ccc(/N=C(\N)SCOC(=O)C(C)C)cc1. The summed E-state index contributed by atoms with van der Waals surface area (Å²) in [5.41, 5.74) is 6.45. The molecule has 1 aromatic rings. The Kier molecular flexibility index (Phi) is 9.07. The minimum Gasteiger partial charge on any atom is -0.497 e. The molecule has 2 N–H and O–H groups in total. The van der Waals surface area contributed by atoms with Crippen LogP contribution >= 0.6 is 28.7 Å². The largest absolute Gasteiger partial charge is 0.497 e. The monoisotopic (exact) mass is 362 g/mol. The average molecular weight is 363 g/mol. The van der Waals surface area contributed by atoms with Crippen LogP contribution in [0.2, 0.25) is 0 Å². The maximum atomic E-state index is 11.2. The van der Waals surface area contributed by atoms with Crippen molar-refractivity contribution in [3.05, 3.63) is 24.3 Å². The van der Waals surface area contributed by atoms with E-state index in [0.717, 1.165) is 11.4 Å². The van der Waals surface area contributed by atoms with Crippen molar-refractivity contribution in [3.8, 4) is 5.75 Å². The molecule has 0 atom stereocenters. The zero-order chi connectivity index (χ0) is 14.3. The number of nitrogens with two attached hydrogens (primary N) is 1. The van der Waals surface area contributed by atoms with Gasteiger partial charge in [0, 0.05) is 0 Å². The summed E-state index contributed by atoms with van der Waals surface area (Å²) in [4.78, 5) is 15.4. The van der Waals surface area contributed by atoms with Crippen LogP contribution in [0.1, 0.15) is 13.8 Å². The second-order valence-electron chi connectivity index (χ2n) is 4.03. The Morgan fingerprint density at radius 1 is 1.35 bits per heavy atom. The Bertz CT molecular complexity index is 449. The number of benzene rings is 1. The molecule has 0 aliphatic rings. The molecular formula is C13H19BrN2O3S. The second kappa shape index (κ2) is 9.66. The molecular weight excluding hydrogens is 344 g/mol. The van der Waals surface area contributed by atoms with Crippen LogP contribution in [0.25, 0.3) is 0 Å². The van der Waals surface area contributed by atoms with Gasteiger partial charge in [0.05, 0.1) is 18.7 Å². The summed E-state index contributed by atoms with van der Waals surface area (Å²) in [5.74, 6) is 0.545. The van der Waals surface area contributed by atoms with Crippen molar-refractivity contribution in [1.29, 1.82) is 0 Å². The number of nitrogens with zero attached hydrogens (tertiary/aromatic N) is 1. The van der Waals surface area contributed by atoms with Crippen molar-refractivity contribution in [2.45, 2.75) is 13.8 Å². The molecule has 0 aliphatic heterocycles. The quantitative estimate of drug-likeness (QED) is 0.377. The van der Waals surface area contributed by atoms with Gasteiger partial charge in [-0.3, -0.25) is 4.79 Å². The van der Waals surface area contributed by atoms with Gasteiger partial charge in [0.2, 0.25) is 0 Å². The number of carbonyl (C=O) groups excluding carboxylic acids is 1. The van der Waals surface area contributed by atoms with Crippen LogP contribution in [0.3, 0.4) is 0 Å². The summed E-state index contributed by atoms with van der Waals surface area (Å²) in [5, 5.41) is 0.349. The van der Waals surface area contributed by atoms with Gasteiger partial charge in [0.15, 0.2) is 5.17 Å². The fourth-order valence-electron chi connectivity index (χ4n) is 1.13. The number of carbonyl (C=O) groups is 1. The first-order chi connectivity index (χ1) is 9.02. The molecule has 112 valence electrons. The fraction of sp³-hybridized carbons (Fsp3) is 0.385. The molecule has 0 saturated heterocycles. The van der Waals surface area contributed by atoms with Gasteiger partial charge in [-0.25, -0.2) is 4.99 Å². The number of aliphatic imine (C=N–C) groups is 1. The molecule has 0 spiro atoms. The summed E-state index contributed by atoms with van der Waals surface area (Å²) < 4.78 is 10.0. The van der Waals surface area contributed by atoms with E-state index in [1.54, 1.807) is 45.2 Å². The molecule has 5 nitrogen and oxygen atoms in total. The predicted octanol–water partition coefficient (Wildman–Crippen LogP) is 3.11. The summed E-state index contributed by atoms with van der Waals surface area (Å²) in [6.07, 6.45) is 0. The highest BCUT2D eigenvalue weighted by atomic mass is 79.9. The molecule has 20 heavy (non-hydrogen) atoms. The van der Waals surface area contributed by atoms with Gasteiger partial charge in [-0.2, -0.15) is 0 Å². The number of ether oxygens (including phenoxy) is 2. The van der Waals surface area contributed by atoms with Gasteiger partial charge >= 0.3 is 5.97 Å². The molecule has 0 heterocycles. The number of thioether (sulfide) groups is 1. The topological polar surface area (TPSA) is 73.9 Å². The van der Waals surface area contributed by atoms with E-state index in [0.29, 0.717) is 5.17 Å². The van der Waals surface area contributed by atoms with Crippen molar-refractivity contribution in [2.75, 3.05) is 13.0 Å². The van der Waals surface area contributed by atoms with Crippen LogP contribution in [0.15, 0.2) is 29.3 Å². The Balaban J connectivity index is 0.00000361. The maximum Gasteiger partial charge on any atom is 0.309 e. The minimum absolute atomic E-state index is 0. The Labute approximate surface area is 133 Å². The van der Waals surface area contributed by atoms with Gasteiger partial charge in [0.1, 0.15) is 11.7 Å². The van der Waals surface area contributed by atoms with E-state index in [1.165, 1.54) is 11.8 Å². The lowest BCUT2D eigenvalue weighted by molar-refractivity contribution is -0.144. The van der Waals surface area contributed by atoms with E-state index in [2.05, 4.69) is 4.99 Å². The molecule has 0 bridgehead atoms. The highest BCUT2D eigenvalue weighted by Crippen LogP contribution is 2.18. The normalized spacial score (nSPS) is 10.9. The van der Waals surface area contributed by atoms with E-state index >= 15 is 0 Å². The third-order valence-corrected chi connectivity index (χ3v) is 2.81. The fourth-order valence-corrected chi connectivity index (χ4v) is 1.60. The summed E-state index contributed by atoms with van der Waals surface area (Å²) in [6.45, 7) is 3.56. The lowest BCUT2D eigenvalue weighted by Gasteiger charge is -2.06. The van der Waals surface area contributed by atoms with E-state index in [9.17, 15) is 4.79 Å². The number of amidine groups is 1. The molecule has 0 saturated carbocycles. The van der Waals surface area contributed by atoms with Gasteiger partial charge in [0.25, 0.3) is 0 Å². The number of esters is 1. The molecule has 1 rings (SSSR count). The van der Waals surface area contributed by atoms with Crippen LogP contribution in [-0.4, -0.2) is 24.2 Å². The van der Waals surface area contributed by atoms with Crippen molar-refractivity contribution in [3.63, 3.8) is 0 Å². The molecule has 1 aromatic carbocycles. The van der Waals surface area contributed by atoms with Crippen molar-refractivity contribution >= 4 is 45.6 Å². The number of hydrogen-bond acceptors (Lipinski definition) is 5. The number of methoxy groups -OCH3 is 1. The zero-order valence-corrected chi connectivity index (χ0v) is 14.2. The van der Waals surface area contributed by atoms with E-state index in [1.807, 2.05) is 0 Å². The van der Waals surface area contributed by atoms with Crippen LogP contribution in [0.4, 0.5) is 5.69 Å². The highest BCUT2D eigenvalue weighted by Gasteiger charge is 2.08. The van der Waals surface area contributed by atoms with Crippen LogP contribution < -0.4 is 10.5 Å². The van der Waals surface area contributed by atoms with Gasteiger partial charge in [-0.1, -0.05) is 13.8 Å². The Hall–Kier alpha value is -1.21. The molecule has 0 unspecified atom stereocenters. The minimum atomic E-state index is -0.246. The third-order valence-electron chi connectivity index (χ3n) is 2.19. The standard InChI is InChI=1S/C13H18N2O3S.BrH/c1-9(2)12(16)18-8-19-13(14)15-10-4-6-11(17-3)7-5-10;/h4-7,9H,8H2,1-3H3,(H2,14,15);1H. The first-order valence-corrected chi connectivity index (χ1v) is 6.79. The third kappa shape index (κ3) is 6.81.